The molecule has 1 rings (SSSR count). The molecule has 2 nitrogen and oxygen atoms in total. The predicted octanol–water partition coefficient (Wildman–Crippen LogP) is 3.43. The summed E-state index contributed by atoms with van der Waals surface area (Å²) < 4.78 is 0. The first kappa shape index (κ1) is 16.2. The zero-order chi connectivity index (χ0) is 12.3. The molecule has 0 heterocycles. The van der Waals surface area contributed by atoms with E-state index in [9.17, 15) is 4.79 Å². The van der Waals surface area contributed by atoms with E-state index in [1.54, 1.807) is 24.3 Å². The average molecular weight is 226 g/mol. The zero-order valence-electron chi connectivity index (χ0n) is 9.23. The SMILES string of the molecule is C=C.CC.O=C(O)Cc1ccc(S)cc1. The number of thiol groups is 1. The van der Waals surface area contributed by atoms with E-state index in [2.05, 4.69) is 25.8 Å². The van der Waals surface area contributed by atoms with Crippen LogP contribution in [0.3, 0.4) is 0 Å². The van der Waals surface area contributed by atoms with Gasteiger partial charge in [0.2, 0.25) is 0 Å². The Morgan fingerprint density at radius 2 is 1.67 bits per heavy atom. The summed E-state index contributed by atoms with van der Waals surface area (Å²) >= 11 is 4.07. The summed E-state index contributed by atoms with van der Waals surface area (Å²) in [6.45, 7) is 10.0. The van der Waals surface area contributed by atoms with Crippen molar-refractivity contribution in [1.29, 1.82) is 0 Å². The van der Waals surface area contributed by atoms with Crippen LogP contribution in [0.1, 0.15) is 19.4 Å². The first-order valence-electron chi connectivity index (χ1n) is 4.68. The van der Waals surface area contributed by atoms with Gasteiger partial charge in [0.15, 0.2) is 0 Å². The van der Waals surface area contributed by atoms with Crippen LogP contribution in [-0.2, 0) is 11.2 Å². The lowest BCUT2D eigenvalue weighted by molar-refractivity contribution is -0.136. The van der Waals surface area contributed by atoms with Crippen LogP contribution in [0.2, 0.25) is 0 Å². The van der Waals surface area contributed by atoms with Crippen LogP contribution in [0.15, 0.2) is 42.3 Å². The molecule has 0 atom stereocenters. The van der Waals surface area contributed by atoms with Crippen molar-refractivity contribution in [3.8, 4) is 0 Å². The number of benzene rings is 1. The predicted molar refractivity (Wildman–Crippen MR) is 67.6 cm³/mol. The Hall–Kier alpha value is -1.22. The van der Waals surface area contributed by atoms with E-state index in [1.807, 2.05) is 13.8 Å². The van der Waals surface area contributed by atoms with Gasteiger partial charge in [-0.2, -0.15) is 0 Å². The highest BCUT2D eigenvalue weighted by molar-refractivity contribution is 7.80. The molecular weight excluding hydrogens is 208 g/mol. The molecule has 1 N–H and O–H groups in total. The van der Waals surface area contributed by atoms with Crippen molar-refractivity contribution in [3.05, 3.63) is 43.0 Å². The monoisotopic (exact) mass is 226 g/mol. The maximum absolute atomic E-state index is 10.2. The van der Waals surface area contributed by atoms with Crippen molar-refractivity contribution in [2.24, 2.45) is 0 Å². The van der Waals surface area contributed by atoms with Crippen LogP contribution in [0.4, 0.5) is 0 Å². The zero-order valence-corrected chi connectivity index (χ0v) is 10.1. The lowest BCUT2D eigenvalue weighted by Gasteiger charge is -1.95. The van der Waals surface area contributed by atoms with Gasteiger partial charge in [-0.05, 0) is 17.7 Å². The van der Waals surface area contributed by atoms with Crippen LogP contribution in [0.5, 0.6) is 0 Å². The molecule has 0 aliphatic carbocycles. The number of hydrogen-bond acceptors (Lipinski definition) is 2. The largest absolute Gasteiger partial charge is 0.481 e. The van der Waals surface area contributed by atoms with Crippen molar-refractivity contribution in [1.82, 2.24) is 0 Å². The molecular formula is C12H18O2S. The minimum atomic E-state index is -0.808. The third-order valence-electron chi connectivity index (χ3n) is 1.29. The Morgan fingerprint density at radius 1 is 1.27 bits per heavy atom. The van der Waals surface area contributed by atoms with Crippen LogP contribution in [0.25, 0.3) is 0 Å². The summed E-state index contributed by atoms with van der Waals surface area (Å²) in [4.78, 5) is 11.1. The molecule has 0 aliphatic rings. The van der Waals surface area contributed by atoms with Crippen LogP contribution in [-0.4, -0.2) is 11.1 Å². The van der Waals surface area contributed by atoms with Crippen molar-refractivity contribution >= 4 is 18.6 Å². The van der Waals surface area contributed by atoms with E-state index in [-0.39, 0.29) is 6.42 Å². The molecule has 15 heavy (non-hydrogen) atoms. The van der Waals surface area contributed by atoms with Gasteiger partial charge in [-0.3, -0.25) is 4.79 Å². The summed E-state index contributed by atoms with van der Waals surface area (Å²) in [7, 11) is 0. The fourth-order valence-corrected chi connectivity index (χ4v) is 0.937. The quantitative estimate of drug-likeness (QED) is 0.599. The first-order valence-corrected chi connectivity index (χ1v) is 5.13. The van der Waals surface area contributed by atoms with E-state index in [0.717, 1.165) is 10.5 Å². The first-order chi connectivity index (χ1) is 7.18. The molecule has 0 saturated carbocycles. The molecule has 0 bridgehead atoms. The van der Waals surface area contributed by atoms with Gasteiger partial charge in [0, 0.05) is 4.90 Å². The van der Waals surface area contributed by atoms with Crippen LogP contribution in [0, 0.1) is 0 Å². The smallest absolute Gasteiger partial charge is 0.307 e. The summed E-state index contributed by atoms with van der Waals surface area (Å²) in [6, 6.07) is 7.08. The topological polar surface area (TPSA) is 37.3 Å². The van der Waals surface area contributed by atoms with Crippen LogP contribution >= 0.6 is 12.6 Å². The third-order valence-corrected chi connectivity index (χ3v) is 1.59. The van der Waals surface area contributed by atoms with E-state index < -0.39 is 5.97 Å². The van der Waals surface area contributed by atoms with Crippen LogP contribution < -0.4 is 0 Å². The number of aliphatic carboxylic acids is 1. The lowest BCUT2D eigenvalue weighted by atomic mass is 10.2. The molecule has 0 radical (unpaired) electrons. The third kappa shape index (κ3) is 9.09. The average Bonchev–Trinajstić information content (AvgIpc) is 2.27. The summed E-state index contributed by atoms with van der Waals surface area (Å²) in [5.74, 6) is -0.808. The molecule has 0 amide bonds. The molecule has 0 saturated heterocycles. The highest BCUT2D eigenvalue weighted by atomic mass is 32.1. The fraction of sp³-hybridized carbons (Fsp3) is 0.250. The number of rotatable bonds is 2. The second-order valence-electron chi connectivity index (χ2n) is 2.24. The van der Waals surface area contributed by atoms with Crippen molar-refractivity contribution in [3.63, 3.8) is 0 Å². The molecule has 0 fully saturated rings. The van der Waals surface area contributed by atoms with Gasteiger partial charge in [0.1, 0.15) is 0 Å². The molecule has 1 aromatic rings. The Labute approximate surface area is 97.1 Å². The van der Waals surface area contributed by atoms with E-state index in [1.165, 1.54) is 0 Å². The van der Waals surface area contributed by atoms with Crippen molar-refractivity contribution in [2.45, 2.75) is 25.2 Å². The number of carbonyl (C=O) groups is 1. The van der Waals surface area contributed by atoms with Crippen molar-refractivity contribution < 1.29 is 9.90 Å². The van der Waals surface area contributed by atoms with Gasteiger partial charge < -0.3 is 5.11 Å². The Balaban J connectivity index is 0. The Bertz CT molecular complexity index is 267. The highest BCUT2D eigenvalue weighted by Crippen LogP contribution is 2.07. The minimum Gasteiger partial charge on any atom is -0.481 e. The maximum Gasteiger partial charge on any atom is 0.307 e. The molecule has 0 aliphatic heterocycles. The van der Waals surface area contributed by atoms with Gasteiger partial charge in [0.25, 0.3) is 0 Å². The molecule has 84 valence electrons. The maximum atomic E-state index is 10.2. The second kappa shape index (κ2) is 10.9. The summed E-state index contributed by atoms with van der Waals surface area (Å²) in [5, 5.41) is 8.42. The second-order valence-corrected chi connectivity index (χ2v) is 2.75. The van der Waals surface area contributed by atoms with Crippen molar-refractivity contribution in [2.75, 3.05) is 0 Å². The molecule has 3 heteroatoms. The normalized spacial score (nSPS) is 7.67. The van der Waals surface area contributed by atoms with Gasteiger partial charge in [-0.15, -0.1) is 25.8 Å². The molecule has 0 spiro atoms. The Kier molecular flexibility index (Phi) is 11.7. The van der Waals surface area contributed by atoms with E-state index in [4.69, 9.17) is 5.11 Å². The molecule has 0 unspecified atom stereocenters. The number of carboxylic acid groups (broad SMARTS) is 1. The number of carboxylic acids is 1. The summed E-state index contributed by atoms with van der Waals surface area (Å²) in [5.41, 5.74) is 0.801. The van der Waals surface area contributed by atoms with E-state index >= 15 is 0 Å². The Morgan fingerprint density at radius 3 is 2.00 bits per heavy atom. The van der Waals surface area contributed by atoms with Gasteiger partial charge in [-0.25, -0.2) is 0 Å². The highest BCUT2D eigenvalue weighted by Gasteiger charge is 1.98. The fourth-order valence-electron chi connectivity index (χ4n) is 0.788. The standard InChI is InChI=1S/C8H8O2S.C2H6.C2H4/c9-8(10)5-6-1-3-7(11)4-2-6;2*1-2/h1-4,11H,5H2,(H,9,10);1-2H3;1-2H2. The molecule has 0 aromatic heterocycles. The van der Waals surface area contributed by atoms with E-state index in [0.29, 0.717) is 0 Å². The van der Waals surface area contributed by atoms with Gasteiger partial charge in [-0.1, -0.05) is 26.0 Å². The molecule has 1 aromatic carbocycles. The van der Waals surface area contributed by atoms with Gasteiger partial charge >= 0.3 is 5.97 Å². The lowest BCUT2D eigenvalue weighted by Crippen LogP contribution is -1.99. The van der Waals surface area contributed by atoms with Gasteiger partial charge in [0.05, 0.1) is 6.42 Å². The summed E-state index contributed by atoms with van der Waals surface area (Å²) in [6.07, 6.45) is 0.0774. The number of hydrogen-bond donors (Lipinski definition) is 2. The minimum absolute atomic E-state index is 0.0774.